The molecule has 0 bridgehead atoms. The number of benzene rings is 1. The maximum absolute atomic E-state index is 12.7. The zero-order chi connectivity index (χ0) is 17.5. The average molecular weight is 351 g/mol. The van der Waals surface area contributed by atoms with Crippen molar-refractivity contribution >= 4 is 23.0 Å². The summed E-state index contributed by atoms with van der Waals surface area (Å²) in [6, 6.07) is 8.28. The van der Waals surface area contributed by atoms with Crippen molar-refractivity contribution in [2.24, 2.45) is 11.8 Å². The fourth-order valence-corrected chi connectivity index (χ4v) is 3.94. The van der Waals surface area contributed by atoms with Crippen LogP contribution >= 0.6 is 0 Å². The van der Waals surface area contributed by atoms with Crippen molar-refractivity contribution in [3.8, 4) is 0 Å². The topological polar surface area (TPSA) is 87.0 Å². The van der Waals surface area contributed by atoms with Crippen LogP contribution in [0, 0.1) is 11.8 Å². The molecular weight excluding hydrogens is 330 g/mol. The molecule has 1 amide bonds. The first-order valence-corrected chi connectivity index (χ1v) is 9.15. The van der Waals surface area contributed by atoms with Crippen molar-refractivity contribution in [2.75, 3.05) is 25.0 Å². The summed E-state index contributed by atoms with van der Waals surface area (Å²) in [5, 5.41) is 10.4. The van der Waals surface area contributed by atoms with Gasteiger partial charge in [-0.15, -0.1) is 0 Å². The summed E-state index contributed by atoms with van der Waals surface area (Å²) >= 11 is 0. The van der Waals surface area contributed by atoms with Gasteiger partial charge in [0.1, 0.15) is 5.52 Å². The standard InChI is InChI=1S/C19H21N5O2/c25-18(13-5-6-15-14(7-13)9-21-23-15)24-10-12(11-24)8-20-19-22-16-3-1-2-4-17(16)26-19/h1-4,9,12-13H,5-8,10-11H2,(H,20,22)(H,21,23). The van der Waals surface area contributed by atoms with E-state index < -0.39 is 0 Å². The number of rotatable bonds is 4. The van der Waals surface area contributed by atoms with Gasteiger partial charge in [0.2, 0.25) is 5.91 Å². The molecule has 0 saturated carbocycles. The number of likely N-dealkylation sites (tertiary alicyclic amines) is 1. The van der Waals surface area contributed by atoms with Crippen LogP contribution in [0.25, 0.3) is 11.1 Å². The summed E-state index contributed by atoms with van der Waals surface area (Å²) in [6.45, 7) is 2.38. The van der Waals surface area contributed by atoms with Gasteiger partial charge in [0.25, 0.3) is 6.01 Å². The second-order valence-electron chi connectivity index (χ2n) is 7.29. The van der Waals surface area contributed by atoms with Crippen LogP contribution in [0.5, 0.6) is 0 Å². The van der Waals surface area contributed by atoms with Crippen molar-refractivity contribution in [3.05, 3.63) is 41.7 Å². The second-order valence-corrected chi connectivity index (χ2v) is 7.29. The van der Waals surface area contributed by atoms with Gasteiger partial charge in [-0.05, 0) is 37.0 Å². The van der Waals surface area contributed by atoms with E-state index in [0.29, 0.717) is 11.9 Å². The molecular formula is C19H21N5O2. The second kappa shape index (κ2) is 6.16. The zero-order valence-corrected chi connectivity index (χ0v) is 14.4. The number of para-hydroxylation sites is 2. The molecule has 134 valence electrons. The van der Waals surface area contributed by atoms with E-state index in [1.54, 1.807) is 0 Å². The van der Waals surface area contributed by atoms with Crippen molar-refractivity contribution < 1.29 is 9.21 Å². The van der Waals surface area contributed by atoms with Crippen LogP contribution in [-0.4, -0.2) is 45.6 Å². The Balaban J connectivity index is 1.12. The lowest BCUT2D eigenvalue weighted by molar-refractivity contribution is -0.142. The van der Waals surface area contributed by atoms with Gasteiger partial charge < -0.3 is 14.6 Å². The van der Waals surface area contributed by atoms with E-state index in [1.807, 2.05) is 35.4 Å². The highest BCUT2D eigenvalue weighted by Gasteiger charge is 2.36. The largest absolute Gasteiger partial charge is 0.424 e. The smallest absolute Gasteiger partial charge is 0.295 e. The molecule has 1 fully saturated rings. The number of hydrogen-bond donors (Lipinski definition) is 2. The molecule has 2 aliphatic rings. The first-order valence-electron chi connectivity index (χ1n) is 9.15. The van der Waals surface area contributed by atoms with E-state index in [1.165, 1.54) is 11.3 Å². The van der Waals surface area contributed by atoms with Crippen molar-refractivity contribution in [2.45, 2.75) is 19.3 Å². The van der Waals surface area contributed by atoms with Crippen LogP contribution in [0.15, 0.2) is 34.9 Å². The maximum atomic E-state index is 12.7. The van der Waals surface area contributed by atoms with Crippen LogP contribution < -0.4 is 5.32 Å². The summed E-state index contributed by atoms with van der Waals surface area (Å²) in [4.78, 5) is 19.1. The molecule has 1 atom stereocenters. The summed E-state index contributed by atoms with van der Waals surface area (Å²) in [5.74, 6) is 0.836. The van der Waals surface area contributed by atoms with E-state index in [9.17, 15) is 4.79 Å². The van der Waals surface area contributed by atoms with E-state index in [0.717, 1.165) is 50.0 Å². The van der Waals surface area contributed by atoms with E-state index in [2.05, 4.69) is 20.5 Å². The first kappa shape index (κ1) is 15.4. The van der Waals surface area contributed by atoms with Crippen LogP contribution in [0.4, 0.5) is 6.01 Å². The number of nitrogens with zero attached hydrogens (tertiary/aromatic N) is 3. The Morgan fingerprint density at radius 3 is 3.12 bits per heavy atom. The fourth-order valence-electron chi connectivity index (χ4n) is 3.94. The van der Waals surface area contributed by atoms with E-state index in [-0.39, 0.29) is 11.8 Å². The number of aromatic nitrogens is 3. The number of fused-ring (bicyclic) bond motifs is 2. The minimum absolute atomic E-state index is 0.103. The lowest BCUT2D eigenvalue weighted by Gasteiger charge is -2.41. The minimum Gasteiger partial charge on any atom is -0.424 e. The zero-order valence-electron chi connectivity index (χ0n) is 14.4. The molecule has 7 nitrogen and oxygen atoms in total. The first-order chi connectivity index (χ1) is 12.8. The summed E-state index contributed by atoms with van der Waals surface area (Å²) in [7, 11) is 0. The number of aryl methyl sites for hydroxylation is 1. The molecule has 26 heavy (non-hydrogen) atoms. The molecule has 2 N–H and O–H groups in total. The Bertz CT molecular complexity index is 907. The molecule has 1 aromatic carbocycles. The van der Waals surface area contributed by atoms with Gasteiger partial charge in [0, 0.05) is 37.2 Å². The monoisotopic (exact) mass is 351 g/mol. The maximum Gasteiger partial charge on any atom is 0.295 e. The Hall–Kier alpha value is -2.83. The highest BCUT2D eigenvalue weighted by molar-refractivity contribution is 5.80. The summed E-state index contributed by atoms with van der Waals surface area (Å²) < 4.78 is 5.67. The number of H-pyrrole nitrogens is 1. The van der Waals surface area contributed by atoms with Gasteiger partial charge in [-0.25, -0.2) is 0 Å². The van der Waals surface area contributed by atoms with Crippen LogP contribution in [-0.2, 0) is 17.6 Å². The number of oxazole rings is 1. The number of hydrogen-bond acceptors (Lipinski definition) is 5. The van der Waals surface area contributed by atoms with E-state index >= 15 is 0 Å². The van der Waals surface area contributed by atoms with Crippen LogP contribution in [0.1, 0.15) is 17.7 Å². The SMILES string of the molecule is O=C(C1CCc2[nH]ncc2C1)N1CC(CNc2nc3ccccc3o2)C1. The number of nitrogens with one attached hydrogen (secondary N) is 2. The highest BCUT2D eigenvalue weighted by atomic mass is 16.4. The van der Waals surface area contributed by atoms with Crippen LogP contribution in [0.3, 0.4) is 0 Å². The Kier molecular flexibility index (Phi) is 3.65. The number of aromatic amines is 1. The molecule has 0 spiro atoms. The van der Waals surface area contributed by atoms with Gasteiger partial charge in [-0.3, -0.25) is 9.89 Å². The molecule has 0 radical (unpaired) electrons. The van der Waals surface area contributed by atoms with Gasteiger partial charge >= 0.3 is 0 Å². The Morgan fingerprint density at radius 2 is 2.23 bits per heavy atom. The number of amides is 1. The molecule has 1 aliphatic carbocycles. The van der Waals surface area contributed by atoms with Crippen LogP contribution in [0.2, 0.25) is 0 Å². The Morgan fingerprint density at radius 1 is 1.35 bits per heavy atom. The molecule has 2 aromatic heterocycles. The predicted octanol–water partition coefficient (Wildman–Crippen LogP) is 2.23. The normalized spacial score (nSPS) is 20.0. The van der Waals surface area contributed by atoms with Crippen molar-refractivity contribution in [1.29, 1.82) is 0 Å². The quantitative estimate of drug-likeness (QED) is 0.753. The number of anilines is 1. The molecule has 1 aliphatic heterocycles. The number of carbonyl (C=O) groups is 1. The lowest BCUT2D eigenvalue weighted by atomic mass is 9.85. The molecule has 1 unspecified atom stereocenters. The third-order valence-electron chi connectivity index (χ3n) is 5.47. The van der Waals surface area contributed by atoms with Gasteiger partial charge in [0.05, 0.1) is 6.20 Å². The molecule has 5 rings (SSSR count). The molecule has 7 heteroatoms. The number of carbonyl (C=O) groups excluding carboxylic acids is 1. The molecule has 3 heterocycles. The minimum atomic E-state index is 0.103. The summed E-state index contributed by atoms with van der Waals surface area (Å²) in [5.41, 5.74) is 4.04. The molecule has 3 aromatic rings. The Labute approximate surface area is 150 Å². The fraction of sp³-hybridized carbons (Fsp3) is 0.421. The highest BCUT2D eigenvalue weighted by Crippen LogP contribution is 2.28. The summed E-state index contributed by atoms with van der Waals surface area (Å²) in [6.07, 6.45) is 4.50. The third-order valence-corrected chi connectivity index (χ3v) is 5.47. The third kappa shape index (κ3) is 2.73. The van der Waals surface area contributed by atoms with Gasteiger partial charge in [-0.2, -0.15) is 10.1 Å². The van der Waals surface area contributed by atoms with Crippen molar-refractivity contribution in [3.63, 3.8) is 0 Å². The lowest BCUT2D eigenvalue weighted by Crippen LogP contribution is -2.54. The van der Waals surface area contributed by atoms with Crippen molar-refractivity contribution in [1.82, 2.24) is 20.1 Å². The van der Waals surface area contributed by atoms with Gasteiger partial charge in [0.15, 0.2) is 5.58 Å². The van der Waals surface area contributed by atoms with E-state index in [4.69, 9.17) is 4.42 Å². The van der Waals surface area contributed by atoms with Gasteiger partial charge in [-0.1, -0.05) is 12.1 Å². The predicted molar refractivity (Wildman–Crippen MR) is 96.7 cm³/mol. The average Bonchev–Trinajstić information content (AvgIpc) is 3.25. The molecule has 1 saturated heterocycles.